The summed E-state index contributed by atoms with van der Waals surface area (Å²) < 4.78 is 0. The van der Waals surface area contributed by atoms with E-state index in [4.69, 9.17) is 0 Å². The quantitative estimate of drug-likeness (QED) is 0.721. The Hall–Kier alpha value is -1.79. The molecule has 4 nitrogen and oxygen atoms in total. The smallest absolute Gasteiger partial charge is 0.251 e. The molecule has 2 amide bonds. The van der Waals surface area contributed by atoms with Crippen molar-refractivity contribution in [2.24, 2.45) is 0 Å². The van der Waals surface area contributed by atoms with E-state index in [1.54, 1.807) is 35.2 Å². The van der Waals surface area contributed by atoms with Crippen molar-refractivity contribution in [3.63, 3.8) is 0 Å². The van der Waals surface area contributed by atoms with Crippen LogP contribution in [-0.2, 0) is 10.5 Å². The van der Waals surface area contributed by atoms with Crippen molar-refractivity contribution in [3.8, 4) is 0 Å². The fourth-order valence-electron chi connectivity index (χ4n) is 1.86. The minimum absolute atomic E-state index is 0.00189. The number of thioether (sulfide) groups is 1. The van der Waals surface area contributed by atoms with E-state index in [0.29, 0.717) is 12.1 Å². The van der Waals surface area contributed by atoms with Crippen molar-refractivity contribution in [2.75, 3.05) is 18.8 Å². The molecule has 23 heavy (non-hydrogen) atoms. The van der Waals surface area contributed by atoms with Gasteiger partial charge in [-0.2, -0.15) is 23.1 Å². The van der Waals surface area contributed by atoms with Crippen LogP contribution in [0, 0.1) is 6.92 Å². The Morgan fingerprint density at radius 2 is 1.91 bits per heavy atom. The number of thiophene rings is 1. The third-order valence-electron chi connectivity index (χ3n) is 3.14. The molecule has 1 aromatic heterocycles. The number of hydrogen-bond acceptors (Lipinski definition) is 4. The van der Waals surface area contributed by atoms with Gasteiger partial charge in [0.1, 0.15) is 0 Å². The summed E-state index contributed by atoms with van der Waals surface area (Å²) in [6.07, 6.45) is 0. The SMILES string of the molecule is Cc1ccc(C(=O)NCC(=O)NCCSCc2ccsc2)cc1. The van der Waals surface area contributed by atoms with Crippen LogP contribution >= 0.6 is 23.1 Å². The summed E-state index contributed by atoms with van der Waals surface area (Å²) in [4.78, 5) is 23.6. The van der Waals surface area contributed by atoms with Gasteiger partial charge in [-0.3, -0.25) is 9.59 Å². The molecule has 0 aliphatic rings. The summed E-state index contributed by atoms with van der Waals surface area (Å²) in [7, 11) is 0. The maximum atomic E-state index is 11.9. The van der Waals surface area contributed by atoms with Gasteiger partial charge < -0.3 is 10.6 Å². The average molecular weight is 348 g/mol. The first-order valence-corrected chi connectivity index (χ1v) is 9.45. The molecule has 2 N–H and O–H groups in total. The van der Waals surface area contributed by atoms with Crippen LogP contribution in [0.3, 0.4) is 0 Å². The molecular weight excluding hydrogens is 328 g/mol. The zero-order chi connectivity index (χ0) is 16.5. The Labute approximate surface area is 144 Å². The molecule has 1 aromatic carbocycles. The third kappa shape index (κ3) is 6.46. The highest BCUT2D eigenvalue weighted by Gasteiger charge is 2.07. The van der Waals surface area contributed by atoms with Crippen LogP contribution in [0.5, 0.6) is 0 Å². The first kappa shape index (κ1) is 17.6. The normalized spacial score (nSPS) is 10.3. The van der Waals surface area contributed by atoms with E-state index in [2.05, 4.69) is 27.5 Å². The van der Waals surface area contributed by atoms with Gasteiger partial charge in [-0.05, 0) is 41.4 Å². The lowest BCUT2D eigenvalue weighted by Gasteiger charge is -2.07. The number of carbonyl (C=O) groups is 2. The van der Waals surface area contributed by atoms with Gasteiger partial charge in [0.05, 0.1) is 6.54 Å². The maximum Gasteiger partial charge on any atom is 0.251 e. The number of nitrogens with one attached hydrogen (secondary N) is 2. The standard InChI is InChI=1S/C17H20N2O2S2/c1-13-2-4-15(5-3-13)17(21)19-10-16(20)18-7-9-23-12-14-6-8-22-11-14/h2-6,8,11H,7,9-10,12H2,1H3,(H,18,20)(H,19,21). The Morgan fingerprint density at radius 3 is 2.61 bits per heavy atom. The second-order valence-corrected chi connectivity index (χ2v) is 6.97. The number of carbonyl (C=O) groups excluding carboxylic acids is 2. The number of aryl methyl sites for hydroxylation is 1. The van der Waals surface area contributed by atoms with Crippen molar-refractivity contribution < 1.29 is 9.59 Å². The van der Waals surface area contributed by atoms with E-state index in [1.165, 1.54) is 5.56 Å². The Balaban J connectivity index is 1.57. The molecule has 0 atom stereocenters. The van der Waals surface area contributed by atoms with E-state index < -0.39 is 0 Å². The van der Waals surface area contributed by atoms with Crippen LogP contribution in [0.2, 0.25) is 0 Å². The van der Waals surface area contributed by atoms with Gasteiger partial charge in [-0.15, -0.1) is 0 Å². The molecular formula is C17H20N2O2S2. The molecule has 1 heterocycles. The van der Waals surface area contributed by atoms with Crippen LogP contribution in [0.1, 0.15) is 21.5 Å². The molecule has 0 spiro atoms. The predicted octanol–water partition coefficient (Wildman–Crippen LogP) is 2.84. The largest absolute Gasteiger partial charge is 0.354 e. The molecule has 6 heteroatoms. The summed E-state index contributed by atoms with van der Waals surface area (Å²) >= 11 is 3.47. The molecule has 0 saturated heterocycles. The van der Waals surface area contributed by atoms with Crippen molar-refractivity contribution >= 4 is 34.9 Å². The van der Waals surface area contributed by atoms with Gasteiger partial charge in [0, 0.05) is 23.6 Å². The van der Waals surface area contributed by atoms with Crippen molar-refractivity contribution in [2.45, 2.75) is 12.7 Å². The minimum atomic E-state index is -0.230. The van der Waals surface area contributed by atoms with Crippen LogP contribution in [0.25, 0.3) is 0 Å². The molecule has 0 aliphatic carbocycles. The third-order valence-corrected chi connectivity index (χ3v) is 4.90. The number of rotatable bonds is 8. The number of amides is 2. The topological polar surface area (TPSA) is 58.2 Å². The zero-order valence-corrected chi connectivity index (χ0v) is 14.6. The lowest BCUT2D eigenvalue weighted by Crippen LogP contribution is -2.37. The van der Waals surface area contributed by atoms with Gasteiger partial charge in [-0.25, -0.2) is 0 Å². The fraction of sp³-hybridized carbons (Fsp3) is 0.294. The van der Waals surface area contributed by atoms with E-state index >= 15 is 0 Å². The molecule has 2 rings (SSSR count). The maximum absolute atomic E-state index is 11.9. The minimum Gasteiger partial charge on any atom is -0.354 e. The molecule has 0 unspecified atom stereocenters. The molecule has 0 saturated carbocycles. The monoisotopic (exact) mass is 348 g/mol. The Kier molecular flexibility index (Phi) is 7.16. The second kappa shape index (κ2) is 9.37. The van der Waals surface area contributed by atoms with Crippen LogP contribution in [-0.4, -0.2) is 30.7 Å². The first-order valence-electron chi connectivity index (χ1n) is 7.35. The average Bonchev–Trinajstić information content (AvgIpc) is 3.06. The summed E-state index contributed by atoms with van der Waals surface area (Å²) in [6, 6.07) is 9.36. The molecule has 2 aromatic rings. The lowest BCUT2D eigenvalue weighted by molar-refractivity contribution is -0.120. The van der Waals surface area contributed by atoms with Crippen molar-refractivity contribution in [3.05, 3.63) is 57.8 Å². The number of hydrogen-bond donors (Lipinski definition) is 2. The highest BCUT2D eigenvalue weighted by atomic mass is 32.2. The van der Waals surface area contributed by atoms with Crippen molar-refractivity contribution in [1.29, 1.82) is 0 Å². The highest BCUT2D eigenvalue weighted by Crippen LogP contribution is 2.14. The number of benzene rings is 1. The summed E-state index contributed by atoms with van der Waals surface area (Å²) in [6.45, 7) is 2.57. The van der Waals surface area contributed by atoms with Gasteiger partial charge in [-0.1, -0.05) is 17.7 Å². The van der Waals surface area contributed by atoms with E-state index in [0.717, 1.165) is 17.1 Å². The Morgan fingerprint density at radius 1 is 1.13 bits per heavy atom. The highest BCUT2D eigenvalue weighted by molar-refractivity contribution is 7.98. The van der Waals surface area contributed by atoms with Crippen LogP contribution in [0.15, 0.2) is 41.1 Å². The van der Waals surface area contributed by atoms with Gasteiger partial charge >= 0.3 is 0 Å². The van der Waals surface area contributed by atoms with Crippen molar-refractivity contribution in [1.82, 2.24) is 10.6 Å². The molecule has 0 radical (unpaired) electrons. The van der Waals surface area contributed by atoms with E-state index in [1.807, 2.05) is 19.1 Å². The van der Waals surface area contributed by atoms with Gasteiger partial charge in [0.15, 0.2) is 0 Å². The van der Waals surface area contributed by atoms with Crippen LogP contribution in [0.4, 0.5) is 0 Å². The zero-order valence-electron chi connectivity index (χ0n) is 13.0. The molecule has 0 fully saturated rings. The molecule has 122 valence electrons. The lowest BCUT2D eigenvalue weighted by atomic mass is 10.1. The first-order chi connectivity index (χ1) is 11.1. The molecule has 0 bridgehead atoms. The van der Waals surface area contributed by atoms with Crippen LogP contribution < -0.4 is 10.6 Å². The summed E-state index contributed by atoms with van der Waals surface area (Å²) in [5, 5.41) is 9.63. The summed E-state index contributed by atoms with van der Waals surface area (Å²) in [5.74, 6) is 1.42. The van der Waals surface area contributed by atoms with Gasteiger partial charge in [0.25, 0.3) is 5.91 Å². The summed E-state index contributed by atoms with van der Waals surface area (Å²) in [5.41, 5.74) is 2.98. The Bertz CT molecular complexity index is 625. The predicted molar refractivity (Wildman–Crippen MR) is 97.0 cm³/mol. The molecule has 0 aliphatic heterocycles. The van der Waals surface area contributed by atoms with E-state index in [9.17, 15) is 9.59 Å². The fourth-order valence-corrected chi connectivity index (χ4v) is 3.44. The second-order valence-electron chi connectivity index (χ2n) is 5.08. The van der Waals surface area contributed by atoms with E-state index in [-0.39, 0.29) is 18.4 Å². The van der Waals surface area contributed by atoms with Gasteiger partial charge in [0.2, 0.25) is 5.91 Å².